The van der Waals surface area contributed by atoms with Gasteiger partial charge >= 0.3 is 0 Å². The van der Waals surface area contributed by atoms with Crippen molar-refractivity contribution in [1.29, 1.82) is 0 Å². The lowest BCUT2D eigenvalue weighted by Gasteiger charge is -2.23. The summed E-state index contributed by atoms with van der Waals surface area (Å²) in [5.74, 6) is 0.762. The second-order valence-electron chi connectivity index (χ2n) is 5.48. The quantitative estimate of drug-likeness (QED) is 0.325. The average Bonchev–Trinajstić information content (AvgIpc) is 3.30. The van der Waals surface area contributed by atoms with E-state index < -0.39 is 10.0 Å². The molecule has 0 aliphatic carbocycles. The molecule has 0 radical (unpaired) electrons. The molecule has 2 aromatic rings. The topological polar surface area (TPSA) is 65.0 Å². The predicted octanol–water partition coefficient (Wildman–Crippen LogP) is 2.80. The minimum absolute atomic E-state index is 0. The monoisotopic (exact) mass is 528 g/mol. The summed E-state index contributed by atoms with van der Waals surface area (Å²) in [4.78, 5) is 7.65. The van der Waals surface area contributed by atoms with Crippen molar-refractivity contribution in [2.45, 2.75) is 10.6 Å². The molecule has 0 aromatic carbocycles. The third-order valence-corrected chi connectivity index (χ3v) is 7.88. The molecule has 146 valence electrons. The van der Waals surface area contributed by atoms with Gasteiger partial charge in [0.25, 0.3) is 10.0 Å². The Balaban J connectivity index is 0.00000338. The van der Waals surface area contributed by atoms with Gasteiger partial charge in [-0.05, 0) is 29.3 Å². The molecule has 0 aliphatic rings. The average molecular weight is 529 g/mol. The number of guanidine groups is 1. The van der Waals surface area contributed by atoms with Gasteiger partial charge in [-0.3, -0.25) is 4.99 Å². The minimum atomic E-state index is -3.40. The molecule has 0 aliphatic heterocycles. The van der Waals surface area contributed by atoms with Crippen LogP contribution < -0.4 is 5.32 Å². The fourth-order valence-corrected chi connectivity index (χ4v) is 5.30. The number of likely N-dealkylation sites (N-methyl/N-ethyl adjacent to an activating group) is 2. The van der Waals surface area contributed by atoms with E-state index in [0.717, 1.165) is 18.9 Å². The standard InChI is InChI=1S/C16H24N4O2S3.HI/c1-17-16(19(2)10-8-14-6-4-12-23-14)18-9-11-20(3)25(21,22)15-7-5-13-24-15;/h4-7,12-13H,8-11H2,1-3H3,(H,17,18);1H. The third kappa shape index (κ3) is 6.48. The number of hydrogen-bond acceptors (Lipinski definition) is 5. The Morgan fingerprint density at radius 2 is 1.85 bits per heavy atom. The Morgan fingerprint density at radius 1 is 1.15 bits per heavy atom. The van der Waals surface area contributed by atoms with Gasteiger partial charge < -0.3 is 10.2 Å². The molecule has 6 nitrogen and oxygen atoms in total. The maximum Gasteiger partial charge on any atom is 0.252 e. The van der Waals surface area contributed by atoms with Gasteiger partial charge in [0.15, 0.2) is 5.96 Å². The highest BCUT2D eigenvalue weighted by molar-refractivity contribution is 14.0. The lowest BCUT2D eigenvalue weighted by Crippen LogP contribution is -2.43. The van der Waals surface area contributed by atoms with Crippen LogP contribution in [0.2, 0.25) is 0 Å². The van der Waals surface area contributed by atoms with Crippen LogP contribution in [0.15, 0.2) is 44.2 Å². The van der Waals surface area contributed by atoms with Gasteiger partial charge in [-0.1, -0.05) is 12.1 Å². The zero-order valence-corrected chi connectivity index (χ0v) is 19.9. The molecule has 26 heavy (non-hydrogen) atoms. The summed E-state index contributed by atoms with van der Waals surface area (Å²) in [5, 5.41) is 7.07. The molecule has 0 spiro atoms. The van der Waals surface area contributed by atoms with E-state index in [0.29, 0.717) is 17.3 Å². The van der Waals surface area contributed by atoms with E-state index >= 15 is 0 Å². The molecule has 0 bridgehead atoms. The molecular weight excluding hydrogens is 503 g/mol. The molecule has 0 amide bonds. The summed E-state index contributed by atoms with van der Waals surface area (Å²) in [6, 6.07) is 7.55. The van der Waals surface area contributed by atoms with Gasteiger partial charge in [-0.2, -0.15) is 4.31 Å². The number of nitrogens with one attached hydrogen (secondary N) is 1. The number of aliphatic imine (C=N–C) groups is 1. The van der Waals surface area contributed by atoms with E-state index in [9.17, 15) is 8.42 Å². The Hall–Kier alpha value is -0.690. The fourth-order valence-electron chi connectivity index (χ4n) is 2.23. The summed E-state index contributed by atoms with van der Waals surface area (Å²) in [7, 11) is 1.91. The first-order valence-corrected chi connectivity index (χ1v) is 11.1. The number of nitrogens with zero attached hydrogens (tertiary/aromatic N) is 3. The molecule has 10 heteroatoms. The van der Waals surface area contributed by atoms with Gasteiger partial charge in [-0.25, -0.2) is 8.42 Å². The van der Waals surface area contributed by atoms with Crippen LogP contribution in [-0.4, -0.2) is 64.4 Å². The number of halogens is 1. The molecule has 0 saturated carbocycles. The summed E-state index contributed by atoms with van der Waals surface area (Å²) in [6.07, 6.45) is 0.960. The highest BCUT2D eigenvalue weighted by Gasteiger charge is 2.21. The van der Waals surface area contributed by atoms with Crippen LogP contribution >= 0.6 is 46.7 Å². The lowest BCUT2D eigenvalue weighted by atomic mass is 10.3. The second kappa shape index (κ2) is 11.2. The molecule has 0 saturated heterocycles. The summed E-state index contributed by atoms with van der Waals surface area (Å²) in [5.41, 5.74) is 0. The van der Waals surface area contributed by atoms with Crippen molar-refractivity contribution in [2.24, 2.45) is 4.99 Å². The Bertz CT molecular complexity index is 762. The highest BCUT2D eigenvalue weighted by atomic mass is 127. The van der Waals surface area contributed by atoms with Crippen molar-refractivity contribution >= 4 is 62.6 Å². The molecule has 0 unspecified atom stereocenters. The van der Waals surface area contributed by atoms with Crippen molar-refractivity contribution in [3.63, 3.8) is 0 Å². The Morgan fingerprint density at radius 3 is 2.42 bits per heavy atom. The Kier molecular flexibility index (Phi) is 10.1. The molecule has 2 heterocycles. The van der Waals surface area contributed by atoms with Crippen molar-refractivity contribution in [3.05, 3.63) is 39.9 Å². The summed E-state index contributed by atoms with van der Waals surface area (Å²) < 4.78 is 26.5. The van der Waals surface area contributed by atoms with E-state index in [1.807, 2.05) is 11.9 Å². The maximum atomic E-state index is 12.4. The van der Waals surface area contributed by atoms with E-state index in [4.69, 9.17) is 0 Å². The van der Waals surface area contributed by atoms with Gasteiger partial charge in [0, 0.05) is 45.7 Å². The first-order valence-electron chi connectivity index (χ1n) is 7.89. The van der Waals surface area contributed by atoms with Gasteiger partial charge in [0.1, 0.15) is 4.21 Å². The zero-order valence-electron chi connectivity index (χ0n) is 15.1. The van der Waals surface area contributed by atoms with Crippen LogP contribution in [0.3, 0.4) is 0 Å². The van der Waals surface area contributed by atoms with Crippen LogP contribution in [0.5, 0.6) is 0 Å². The van der Waals surface area contributed by atoms with Crippen molar-refractivity contribution < 1.29 is 8.42 Å². The molecule has 1 N–H and O–H groups in total. The molecule has 2 aromatic heterocycles. The van der Waals surface area contributed by atoms with E-state index in [-0.39, 0.29) is 24.0 Å². The van der Waals surface area contributed by atoms with E-state index in [1.54, 1.807) is 42.9 Å². The lowest BCUT2D eigenvalue weighted by molar-refractivity contribution is 0.455. The smallest absolute Gasteiger partial charge is 0.252 e. The number of thiophene rings is 2. The minimum Gasteiger partial charge on any atom is -0.355 e. The molecule has 2 rings (SSSR count). The van der Waals surface area contributed by atoms with Gasteiger partial charge in [-0.15, -0.1) is 46.7 Å². The second-order valence-corrected chi connectivity index (χ2v) is 9.74. The molecule has 0 atom stereocenters. The molecular formula is C16H25IN4O2S3. The SMILES string of the molecule is CN=C(NCCN(C)S(=O)(=O)c1cccs1)N(C)CCc1cccs1.I. The van der Waals surface area contributed by atoms with E-state index in [2.05, 4.69) is 27.8 Å². The third-order valence-electron chi connectivity index (χ3n) is 3.72. The van der Waals surface area contributed by atoms with Crippen LogP contribution in [-0.2, 0) is 16.4 Å². The normalized spacial score (nSPS) is 12.1. The fraction of sp³-hybridized carbons (Fsp3) is 0.438. The van der Waals surface area contributed by atoms with Crippen molar-refractivity contribution in [3.8, 4) is 0 Å². The summed E-state index contributed by atoms with van der Waals surface area (Å²) in [6.45, 7) is 1.72. The molecule has 0 fully saturated rings. The van der Waals surface area contributed by atoms with Crippen LogP contribution in [0.25, 0.3) is 0 Å². The number of hydrogen-bond donors (Lipinski definition) is 1. The van der Waals surface area contributed by atoms with Gasteiger partial charge in [0.05, 0.1) is 0 Å². The zero-order chi connectivity index (χ0) is 18.3. The number of rotatable bonds is 8. The van der Waals surface area contributed by atoms with Crippen molar-refractivity contribution in [1.82, 2.24) is 14.5 Å². The van der Waals surface area contributed by atoms with E-state index in [1.165, 1.54) is 20.5 Å². The van der Waals surface area contributed by atoms with Crippen LogP contribution in [0.1, 0.15) is 4.88 Å². The summed E-state index contributed by atoms with van der Waals surface area (Å²) >= 11 is 2.98. The first-order chi connectivity index (χ1) is 11.9. The maximum absolute atomic E-state index is 12.4. The first kappa shape index (κ1) is 23.3. The predicted molar refractivity (Wildman–Crippen MR) is 122 cm³/mol. The van der Waals surface area contributed by atoms with Crippen LogP contribution in [0, 0.1) is 0 Å². The highest BCUT2D eigenvalue weighted by Crippen LogP contribution is 2.19. The van der Waals surface area contributed by atoms with Crippen LogP contribution in [0.4, 0.5) is 0 Å². The Labute approximate surface area is 181 Å². The van der Waals surface area contributed by atoms with Gasteiger partial charge in [0.2, 0.25) is 0 Å². The largest absolute Gasteiger partial charge is 0.355 e. The van der Waals surface area contributed by atoms with Crippen molar-refractivity contribution in [2.75, 3.05) is 40.8 Å². The number of sulfonamides is 1.